The number of aryl methyl sites for hydroxylation is 2. The number of urea groups is 1. The molecule has 30 heavy (non-hydrogen) atoms. The zero-order valence-electron chi connectivity index (χ0n) is 17.1. The Morgan fingerprint density at radius 1 is 1.20 bits per heavy atom. The standard InChI is InChI=1S/C22H23N3O5/c1-4-30-19(27)17-12(2)18(23-13(17)3)16(26)11-25-20(28)22(24-21(25)29)10-9-14-7-5-6-8-15(14)22/h5-8,23H,4,9-11H2,1-3H3,(H,24,29). The van der Waals surface area contributed by atoms with Crippen LogP contribution in [0.4, 0.5) is 4.79 Å². The van der Waals surface area contributed by atoms with Gasteiger partial charge in [-0.2, -0.15) is 0 Å². The van der Waals surface area contributed by atoms with Crippen molar-refractivity contribution in [3.8, 4) is 0 Å². The maximum atomic E-state index is 13.2. The van der Waals surface area contributed by atoms with Gasteiger partial charge in [-0.15, -0.1) is 0 Å². The van der Waals surface area contributed by atoms with Crippen molar-refractivity contribution in [1.82, 2.24) is 15.2 Å². The number of fused-ring (bicyclic) bond motifs is 2. The summed E-state index contributed by atoms with van der Waals surface area (Å²) in [5.41, 5.74) is 2.16. The Morgan fingerprint density at radius 2 is 1.93 bits per heavy atom. The maximum Gasteiger partial charge on any atom is 0.340 e. The monoisotopic (exact) mass is 409 g/mol. The van der Waals surface area contributed by atoms with E-state index in [0.29, 0.717) is 29.7 Å². The number of H-pyrrole nitrogens is 1. The SMILES string of the molecule is CCOC(=O)c1c(C)[nH]c(C(=O)CN2C(=O)NC3(CCc4ccccc43)C2=O)c1C. The summed E-state index contributed by atoms with van der Waals surface area (Å²) in [6, 6.07) is 6.94. The summed E-state index contributed by atoms with van der Waals surface area (Å²) >= 11 is 0. The van der Waals surface area contributed by atoms with Crippen molar-refractivity contribution in [2.24, 2.45) is 0 Å². The Balaban J connectivity index is 1.60. The second-order valence-electron chi connectivity index (χ2n) is 7.65. The van der Waals surface area contributed by atoms with Crippen LogP contribution in [0.1, 0.15) is 56.6 Å². The predicted molar refractivity (Wildman–Crippen MR) is 107 cm³/mol. The highest BCUT2D eigenvalue weighted by molar-refractivity contribution is 6.12. The van der Waals surface area contributed by atoms with Gasteiger partial charge in [0.05, 0.1) is 24.4 Å². The van der Waals surface area contributed by atoms with Gasteiger partial charge < -0.3 is 15.0 Å². The largest absolute Gasteiger partial charge is 0.462 e. The molecular weight excluding hydrogens is 386 g/mol. The van der Waals surface area contributed by atoms with Crippen LogP contribution >= 0.6 is 0 Å². The third-order valence-corrected chi connectivity index (χ3v) is 5.92. The zero-order valence-corrected chi connectivity index (χ0v) is 17.1. The smallest absolute Gasteiger partial charge is 0.340 e. The highest BCUT2D eigenvalue weighted by Gasteiger charge is 2.55. The number of nitrogens with zero attached hydrogens (tertiary/aromatic N) is 1. The number of aromatic amines is 1. The molecule has 1 aromatic heterocycles. The van der Waals surface area contributed by atoms with Crippen LogP contribution in [0.25, 0.3) is 0 Å². The van der Waals surface area contributed by atoms with Gasteiger partial charge in [-0.3, -0.25) is 14.5 Å². The van der Waals surface area contributed by atoms with E-state index in [1.54, 1.807) is 20.8 Å². The van der Waals surface area contributed by atoms with Gasteiger partial charge in [0.15, 0.2) is 5.78 Å². The number of hydrogen-bond donors (Lipinski definition) is 2. The van der Waals surface area contributed by atoms with Gasteiger partial charge in [0.25, 0.3) is 5.91 Å². The fourth-order valence-electron chi connectivity index (χ4n) is 4.49. The number of aromatic nitrogens is 1. The fraction of sp³-hybridized carbons (Fsp3) is 0.364. The van der Waals surface area contributed by atoms with Gasteiger partial charge in [0, 0.05) is 5.69 Å². The number of carbonyl (C=O) groups is 4. The van der Waals surface area contributed by atoms with Crippen molar-refractivity contribution >= 4 is 23.7 Å². The molecule has 1 saturated heterocycles. The van der Waals surface area contributed by atoms with E-state index in [1.165, 1.54) is 0 Å². The molecule has 0 radical (unpaired) electrons. The number of Topliss-reactive ketones (excluding diaryl/α,β-unsaturated/α-hetero) is 1. The Hall–Kier alpha value is -3.42. The number of ether oxygens (including phenoxy) is 1. The average molecular weight is 409 g/mol. The molecule has 2 heterocycles. The molecule has 2 aromatic rings. The third-order valence-electron chi connectivity index (χ3n) is 5.92. The molecule has 2 aliphatic rings. The number of nitrogens with one attached hydrogen (secondary N) is 2. The highest BCUT2D eigenvalue weighted by Crippen LogP contribution is 2.41. The highest BCUT2D eigenvalue weighted by atomic mass is 16.5. The van der Waals surface area contributed by atoms with Gasteiger partial charge in [0.2, 0.25) is 0 Å². The molecule has 1 aliphatic heterocycles. The minimum absolute atomic E-state index is 0.198. The molecule has 1 unspecified atom stereocenters. The Bertz CT molecular complexity index is 1090. The quantitative estimate of drug-likeness (QED) is 0.448. The number of esters is 1. The van der Waals surface area contributed by atoms with E-state index >= 15 is 0 Å². The van der Waals surface area contributed by atoms with E-state index < -0.39 is 35.8 Å². The van der Waals surface area contributed by atoms with Gasteiger partial charge >= 0.3 is 12.0 Å². The van der Waals surface area contributed by atoms with E-state index in [-0.39, 0.29) is 12.3 Å². The molecule has 0 bridgehead atoms. The van der Waals surface area contributed by atoms with Gasteiger partial charge in [-0.1, -0.05) is 24.3 Å². The molecule has 1 spiro atoms. The Morgan fingerprint density at radius 3 is 2.67 bits per heavy atom. The molecule has 1 aliphatic carbocycles. The number of imide groups is 1. The van der Waals surface area contributed by atoms with Crippen LogP contribution in [0, 0.1) is 13.8 Å². The number of carbonyl (C=O) groups excluding carboxylic acids is 4. The van der Waals surface area contributed by atoms with E-state index in [1.807, 2.05) is 24.3 Å². The number of benzene rings is 1. The maximum absolute atomic E-state index is 13.2. The van der Waals surface area contributed by atoms with Crippen molar-refractivity contribution in [3.05, 3.63) is 57.9 Å². The molecule has 4 rings (SSSR count). The van der Waals surface area contributed by atoms with Crippen LogP contribution in [0.15, 0.2) is 24.3 Å². The third kappa shape index (κ3) is 2.82. The van der Waals surface area contributed by atoms with Crippen LogP contribution in [0.3, 0.4) is 0 Å². The van der Waals surface area contributed by atoms with Crippen LogP contribution in [0.5, 0.6) is 0 Å². The van der Waals surface area contributed by atoms with Crippen LogP contribution < -0.4 is 5.32 Å². The van der Waals surface area contributed by atoms with Gasteiger partial charge in [0.1, 0.15) is 5.54 Å². The van der Waals surface area contributed by atoms with Crippen molar-refractivity contribution in [2.75, 3.05) is 13.2 Å². The molecule has 1 aromatic carbocycles. The first-order chi connectivity index (χ1) is 14.3. The fourth-order valence-corrected chi connectivity index (χ4v) is 4.49. The predicted octanol–water partition coefficient (Wildman–Crippen LogP) is 2.38. The number of hydrogen-bond acceptors (Lipinski definition) is 5. The van der Waals surface area contributed by atoms with E-state index in [2.05, 4.69) is 10.3 Å². The summed E-state index contributed by atoms with van der Waals surface area (Å²) in [7, 11) is 0. The second kappa shape index (κ2) is 7.12. The topological polar surface area (TPSA) is 109 Å². The summed E-state index contributed by atoms with van der Waals surface area (Å²) < 4.78 is 5.05. The lowest BCUT2D eigenvalue weighted by atomic mass is 9.92. The molecule has 2 N–H and O–H groups in total. The molecule has 8 heteroatoms. The van der Waals surface area contributed by atoms with E-state index in [0.717, 1.165) is 16.0 Å². The first-order valence-electron chi connectivity index (χ1n) is 9.92. The summed E-state index contributed by atoms with van der Waals surface area (Å²) in [6.45, 7) is 4.84. The molecule has 156 valence electrons. The average Bonchev–Trinajstić information content (AvgIpc) is 3.31. The molecule has 8 nitrogen and oxygen atoms in total. The molecule has 1 atom stereocenters. The molecular formula is C22H23N3O5. The minimum atomic E-state index is -1.11. The van der Waals surface area contributed by atoms with Gasteiger partial charge in [-0.05, 0) is 50.3 Å². The lowest BCUT2D eigenvalue weighted by Crippen LogP contribution is -2.42. The van der Waals surface area contributed by atoms with Crippen LogP contribution in [0.2, 0.25) is 0 Å². The normalized spacial score (nSPS) is 19.9. The summed E-state index contributed by atoms with van der Waals surface area (Å²) in [4.78, 5) is 54.9. The van der Waals surface area contributed by atoms with Gasteiger partial charge in [-0.25, -0.2) is 9.59 Å². The number of ketones is 1. The van der Waals surface area contributed by atoms with E-state index in [4.69, 9.17) is 4.74 Å². The lowest BCUT2D eigenvalue weighted by Gasteiger charge is -2.22. The van der Waals surface area contributed by atoms with Crippen LogP contribution in [-0.4, -0.2) is 46.7 Å². The van der Waals surface area contributed by atoms with Crippen molar-refractivity contribution in [3.63, 3.8) is 0 Å². The Kier molecular flexibility index (Phi) is 4.72. The summed E-state index contributed by atoms with van der Waals surface area (Å²) in [5, 5.41) is 2.81. The van der Waals surface area contributed by atoms with E-state index in [9.17, 15) is 19.2 Å². The number of rotatable bonds is 5. The number of amides is 3. The summed E-state index contributed by atoms with van der Waals surface area (Å²) in [5.74, 6) is -1.38. The van der Waals surface area contributed by atoms with Crippen molar-refractivity contribution in [2.45, 2.75) is 39.2 Å². The van der Waals surface area contributed by atoms with Crippen molar-refractivity contribution < 1.29 is 23.9 Å². The minimum Gasteiger partial charge on any atom is -0.462 e. The zero-order chi connectivity index (χ0) is 21.6. The second-order valence-corrected chi connectivity index (χ2v) is 7.65. The lowest BCUT2D eigenvalue weighted by molar-refractivity contribution is -0.131. The first kappa shape index (κ1) is 19.9. The Labute approximate surface area is 173 Å². The molecule has 3 amide bonds. The molecule has 0 saturated carbocycles. The summed E-state index contributed by atoms with van der Waals surface area (Å²) in [6.07, 6.45) is 1.15. The van der Waals surface area contributed by atoms with Crippen molar-refractivity contribution in [1.29, 1.82) is 0 Å². The van der Waals surface area contributed by atoms with Crippen LogP contribution in [-0.2, 0) is 21.5 Å². The first-order valence-corrected chi connectivity index (χ1v) is 9.92. The molecule has 1 fully saturated rings.